The second kappa shape index (κ2) is 4.61. The molecule has 3 aromatic rings. The molecule has 20 heavy (non-hydrogen) atoms. The zero-order chi connectivity index (χ0) is 14.1. The summed E-state index contributed by atoms with van der Waals surface area (Å²) in [5.74, 6) is -0.595. The quantitative estimate of drug-likeness (QED) is 0.756. The Balaban J connectivity index is 2.09. The summed E-state index contributed by atoms with van der Waals surface area (Å²) in [6.07, 6.45) is 2.79. The number of hydrogen-bond acceptors (Lipinski definition) is 5. The van der Waals surface area contributed by atoms with Crippen LogP contribution in [0.25, 0.3) is 11.2 Å². The van der Waals surface area contributed by atoms with Gasteiger partial charge in [-0.05, 0) is 24.6 Å². The molecule has 2 N–H and O–H groups in total. The van der Waals surface area contributed by atoms with E-state index in [1.807, 2.05) is 6.92 Å². The number of carbonyl (C=O) groups is 1. The molecule has 7 heteroatoms. The van der Waals surface area contributed by atoms with Crippen molar-refractivity contribution in [3.8, 4) is 11.6 Å². The smallest absolute Gasteiger partial charge is 0.339 e. The lowest BCUT2D eigenvalue weighted by Crippen LogP contribution is -2.01. The van der Waals surface area contributed by atoms with E-state index >= 15 is 0 Å². The van der Waals surface area contributed by atoms with E-state index in [9.17, 15) is 9.90 Å². The first-order valence-electron chi connectivity index (χ1n) is 5.81. The van der Waals surface area contributed by atoms with Gasteiger partial charge in [0.05, 0.1) is 6.33 Å². The van der Waals surface area contributed by atoms with Crippen LogP contribution >= 0.6 is 0 Å². The van der Waals surface area contributed by atoms with Gasteiger partial charge in [-0.15, -0.1) is 0 Å². The van der Waals surface area contributed by atoms with Gasteiger partial charge in [0.15, 0.2) is 5.65 Å². The maximum absolute atomic E-state index is 11.2. The number of carboxylic acids is 1. The predicted octanol–water partition coefficient (Wildman–Crippen LogP) is 2.15. The van der Waals surface area contributed by atoms with Gasteiger partial charge >= 0.3 is 5.97 Å². The number of carboxylic acid groups (broad SMARTS) is 1. The molecule has 0 saturated carbocycles. The molecule has 0 aliphatic carbocycles. The summed E-state index contributed by atoms with van der Waals surface area (Å²) < 4.78 is 5.62. The van der Waals surface area contributed by atoms with E-state index in [1.165, 1.54) is 18.7 Å². The molecule has 1 aromatic carbocycles. The molecular weight excluding hydrogens is 260 g/mol. The van der Waals surface area contributed by atoms with Gasteiger partial charge in [0.2, 0.25) is 5.88 Å². The Labute approximate surface area is 113 Å². The van der Waals surface area contributed by atoms with E-state index in [0.29, 0.717) is 11.2 Å². The van der Waals surface area contributed by atoms with Crippen LogP contribution in [-0.4, -0.2) is 31.0 Å². The first-order valence-corrected chi connectivity index (χ1v) is 5.81. The van der Waals surface area contributed by atoms with Crippen molar-refractivity contribution in [2.24, 2.45) is 0 Å². The van der Waals surface area contributed by atoms with E-state index in [2.05, 4.69) is 19.9 Å². The van der Waals surface area contributed by atoms with Gasteiger partial charge in [0.1, 0.15) is 23.2 Å². The summed E-state index contributed by atoms with van der Waals surface area (Å²) in [6, 6.07) is 4.86. The highest BCUT2D eigenvalue weighted by molar-refractivity contribution is 5.91. The van der Waals surface area contributed by atoms with Gasteiger partial charge in [-0.25, -0.2) is 14.8 Å². The number of nitrogens with zero attached hydrogens (tertiary/aromatic N) is 3. The van der Waals surface area contributed by atoms with Crippen LogP contribution in [0.15, 0.2) is 30.9 Å². The van der Waals surface area contributed by atoms with Gasteiger partial charge in [-0.1, -0.05) is 6.07 Å². The standard InChI is InChI=1S/C13H10N4O3/c1-7-2-3-8(13(18)19)9(4-7)20-12-10-11(15-5-14-10)16-6-17-12/h2-6H,1H3,(H,18,19)(H,14,15,16,17). The Kier molecular flexibility index (Phi) is 2.79. The monoisotopic (exact) mass is 270 g/mol. The summed E-state index contributed by atoms with van der Waals surface area (Å²) >= 11 is 0. The van der Waals surface area contributed by atoms with Gasteiger partial charge < -0.3 is 14.8 Å². The topological polar surface area (TPSA) is 101 Å². The lowest BCUT2D eigenvalue weighted by atomic mass is 10.1. The second-order valence-electron chi connectivity index (χ2n) is 4.19. The van der Waals surface area contributed by atoms with Crippen LogP contribution in [0.3, 0.4) is 0 Å². The first-order chi connectivity index (χ1) is 9.65. The minimum Gasteiger partial charge on any atom is -0.478 e. The van der Waals surface area contributed by atoms with Gasteiger partial charge in [-0.2, -0.15) is 4.98 Å². The molecule has 0 atom stereocenters. The third-order valence-electron chi connectivity index (χ3n) is 2.76. The molecule has 7 nitrogen and oxygen atoms in total. The summed E-state index contributed by atoms with van der Waals surface area (Å²) in [6.45, 7) is 1.85. The fourth-order valence-corrected chi connectivity index (χ4v) is 1.82. The Hall–Kier alpha value is -2.96. The van der Waals surface area contributed by atoms with E-state index < -0.39 is 5.97 Å². The van der Waals surface area contributed by atoms with Crippen molar-refractivity contribution < 1.29 is 14.6 Å². The molecule has 0 fully saturated rings. The zero-order valence-electron chi connectivity index (χ0n) is 10.5. The normalized spacial score (nSPS) is 10.7. The van der Waals surface area contributed by atoms with E-state index in [0.717, 1.165) is 5.56 Å². The Morgan fingerprint density at radius 1 is 1.30 bits per heavy atom. The molecule has 2 aromatic heterocycles. The van der Waals surface area contributed by atoms with Crippen molar-refractivity contribution in [1.29, 1.82) is 0 Å². The molecule has 0 unspecified atom stereocenters. The summed E-state index contributed by atoms with van der Waals surface area (Å²) in [5, 5.41) is 9.17. The highest BCUT2D eigenvalue weighted by Gasteiger charge is 2.15. The van der Waals surface area contributed by atoms with Crippen LogP contribution in [0.5, 0.6) is 11.6 Å². The summed E-state index contributed by atoms with van der Waals surface area (Å²) in [7, 11) is 0. The highest BCUT2D eigenvalue weighted by atomic mass is 16.5. The fraction of sp³-hybridized carbons (Fsp3) is 0.0769. The predicted molar refractivity (Wildman–Crippen MR) is 69.9 cm³/mol. The number of fused-ring (bicyclic) bond motifs is 1. The van der Waals surface area contributed by atoms with E-state index in [4.69, 9.17) is 4.74 Å². The largest absolute Gasteiger partial charge is 0.478 e. The molecule has 0 aliphatic rings. The Bertz CT molecular complexity index is 797. The Morgan fingerprint density at radius 3 is 2.95 bits per heavy atom. The SMILES string of the molecule is Cc1ccc(C(=O)O)c(Oc2ncnc3nc[nH]c23)c1. The van der Waals surface area contributed by atoms with Crippen molar-refractivity contribution in [2.45, 2.75) is 6.92 Å². The molecule has 0 bridgehead atoms. The van der Waals surface area contributed by atoms with E-state index in [1.54, 1.807) is 12.1 Å². The van der Waals surface area contributed by atoms with Crippen LogP contribution in [0, 0.1) is 6.92 Å². The third kappa shape index (κ3) is 2.05. The lowest BCUT2D eigenvalue weighted by molar-refractivity contribution is 0.0694. The van der Waals surface area contributed by atoms with Crippen LogP contribution in [0.2, 0.25) is 0 Å². The summed E-state index contributed by atoms with van der Waals surface area (Å²) in [4.78, 5) is 26.0. The lowest BCUT2D eigenvalue weighted by Gasteiger charge is -2.08. The third-order valence-corrected chi connectivity index (χ3v) is 2.76. The first kappa shape index (κ1) is 12.1. The molecular formula is C13H10N4O3. The number of aryl methyl sites for hydroxylation is 1. The van der Waals surface area contributed by atoms with Crippen LogP contribution in [0.4, 0.5) is 0 Å². The average molecular weight is 270 g/mol. The average Bonchev–Trinajstić information content (AvgIpc) is 2.88. The minimum atomic E-state index is -1.06. The number of aromatic amines is 1. The van der Waals surface area contributed by atoms with Crippen molar-refractivity contribution in [3.63, 3.8) is 0 Å². The number of nitrogens with one attached hydrogen (secondary N) is 1. The van der Waals surface area contributed by atoms with Crippen molar-refractivity contribution >= 4 is 17.1 Å². The number of imidazole rings is 1. The molecule has 0 saturated heterocycles. The molecule has 0 spiro atoms. The number of ether oxygens (including phenoxy) is 1. The molecule has 100 valence electrons. The van der Waals surface area contributed by atoms with Gasteiger partial charge in [-0.3, -0.25) is 0 Å². The number of rotatable bonds is 3. The van der Waals surface area contributed by atoms with Crippen LogP contribution in [-0.2, 0) is 0 Å². The van der Waals surface area contributed by atoms with Crippen molar-refractivity contribution in [2.75, 3.05) is 0 Å². The van der Waals surface area contributed by atoms with Crippen molar-refractivity contribution in [3.05, 3.63) is 42.0 Å². The molecule has 2 heterocycles. The highest BCUT2D eigenvalue weighted by Crippen LogP contribution is 2.28. The molecule has 0 amide bonds. The molecule has 3 rings (SSSR count). The number of benzene rings is 1. The summed E-state index contributed by atoms with van der Waals surface area (Å²) in [5.41, 5.74) is 1.94. The minimum absolute atomic E-state index is 0.0712. The van der Waals surface area contributed by atoms with Crippen LogP contribution < -0.4 is 4.74 Å². The van der Waals surface area contributed by atoms with E-state index in [-0.39, 0.29) is 17.2 Å². The number of hydrogen-bond donors (Lipinski definition) is 2. The van der Waals surface area contributed by atoms with Crippen molar-refractivity contribution in [1.82, 2.24) is 19.9 Å². The number of aromatic nitrogens is 4. The zero-order valence-corrected chi connectivity index (χ0v) is 10.5. The number of aromatic carboxylic acids is 1. The Morgan fingerprint density at radius 2 is 2.15 bits per heavy atom. The second-order valence-corrected chi connectivity index (χ2v) is 4.19. The number of H-pyrrole nitrogens is 1. The maximum atomic E-state index is 11.2. The van der Waals surface area contributed by atoms with Gasteiger partial charge in [0.25, 0.3) is 0 Å². The van der Waals surface area contributed by atoms with Gasteiger partial charge in [0, 0.05) is 0 Å². The molecule has 0 aliphatic heterocycles. The fourth-order valence-electron chi connectivity index (χ4n) is 1.82. The molecule has 0 radical (unpaired) electrons. The maximum Gasteiger partial charge on any atom is 0.339 e. The van der Waals surface area contributed by atoms with Crippen LogP contribution in [0.1, 0.15) is 15.9 Å².